The highest BCUT2D eigenvalue weighted by Gasteiger charge is 2.59. The summed E-state index contributed by atoms with van der Waals surface area (Å²) < 4.78 is 5.31. The van der Waals surface area contributed by atoms with E-state index >= 15 is 0 Å². The van der Waals surface area contributed by atoms with Crippen LogP contribution in [0.1, 0.15) is 109 Å². The van der Waals surface area contributed by atoms with Crippen molar-refractivity contribution in [2.24, 2.45) is 0 Å². The molecule has 3 nitrogen and oxygen atoms in total. The average Bonchev–Trinajstić information content (AvgIpc) is 3.98. The molecule has 1 aliphatic carbocycles. The van der Waals surface area contributed by atoms with Crippen LogP contribution in [-0.4, -0.2) is 12.3 Å². The van der Waals surface area contributed by atoms with Crippen molar-refractivity contribution in [1.82, 2.24) is 0 Å². The van der Waals surface area contributed by atoms with Gasteiger partial charge < -0.3 is 14.7 Å². The van der Waals surface area contributed by atoms with Gasteiger partial charge in [-0.1, -0.05) is 128 Å². The molecule has 0 saturated heterocycles. The van der Waals surface area contributed by atoms with E-state index < -0.39 is 0 Å². The molecular formula is C66H62BN3S2. The van der Waals surface area contributed by atoms with Crippen molar-refractivity contribution in [2.75, 3.05) is 14.7 Å². The maximum atomic E-state index is 2.84. The van der Waals surface area contributed by atoms with Gasteiger partial charge >= 0.3 is 0 Å². The molecule has 356 valence electrons. The van der Waals surface area contributed by atoms with Gasteiger partial charge in [0.1, 0.15) is 0 Å². The first kappa shape index (κ1) is 44.4. The minimum absolute atomic E-state index is 0.00456. The van der Waals surface area contributed by atoms with Crippen molar-refractivity contribution < 1.29 is 0 Å². The quantitative estimate of drug-likeness (QED) is 0.163. The van der Waals surface area contributed by atoms with E-state index in [9.17, 15) is 0 Å². The Hall–Kier alpha value is -6.34. The van der Waals surface area contributed by atoms with Crippen LogP contribution in [-0.2, 0) is 16.2 Å². The molecule has 2 atom stereocenters. The van der Waals surface area contributed by atoms with Crippen LogP contribution in [0.5, 0.6) is 0 Å². The van der Waals surface area contributed by atoms with E-state index in [-0.39, 0.29) is 28.5 Å². The molecule has 2 unspecified atom stereocenters. The summed E-state index contributed by atoms with van der Waals surface area (Å²) in [5.74, 6) is 0. The van der Waals surface area contributed by atoms with Gasteiger partial charge in [-0.3, -0.25) is 0 Å². The highest BCUT2D eigenvalue weighted by atomic mass is 32.1. The Morgan fingerprint density at radius 2 is 0.972 bits per heavy atom. The molecule has 0 amide bonds. The van der Waals surface area contributed by atoms with Gasteiger partial charge in [0.2, 0.25) is 0 Å². The fraction of sp³-hybridized carbons (Fsp3) is 0.273. The molecule has 10 aromatic rings. The summed E-state index contributed by atoms with van der Waals surface area (Å²) in [7, 11) is 0. The lowest BCUT2D eigenvalue weighted by Gasteiger charge is -2.51. The van der Waals surface area contributed by atoms with E-state index in [4.69, 9.17) is 0 Å². The van der Waals surface area contributed by atoms with E-state index in [1.165, 1.54) is 149 Å². The van der Waals surface area contributed by atoms with Crippen LogP contribution < -0.4 is 31.1 Å². The molecule has 4 aliphatic rings. The molecule has 5 heterocycles. The molecule has 0 bridgehead atoms. The van der Waals surface area contributed by atoms with Crippen molar-refractivity contribution >= 4 is 132 Å². The summed E-state index contributed by atoms with van der Waals surface area (Å²) in [5.41, 5.74) is 21.0. The number of hydrogen-bond donors (Lipinski definition) is 0. The Labute approximate surface area is 433 Å². The number of benzene rings is 8. The first-order chi connectivity index (χ1) is 34.5. The van der Waals surface area contributed by atoms with E-state index in [0.29, 0.717) is 0 Å². The molecule has 72 heavy (non-hydrogen) atoms. The molecule has 14 rings (SSSR count). The number of thiophene rings is 2. The lowest BCUT2D eigenvalue weighted by molar-refractivity contribution is 0.194. The zero-order chi connectivity index (χ0) is 49.4. The van der Waals surface area contributed by atoms with Crippen LogP contribution in [0, 0.1) is 13.8 Å². The third kappa shape index (κ3) is 6.15. The largest absolute Gasteiger partial charge is 0.334 e. The Bertz CT molecular complexity index is 3750. The van der Waals surface area contributed by atoms with Crippen LogP contribution in [0.4, 0.5) is 45.5 Å². The fourth-order valence-corrected chi connectivity index (χ4v) is 16.3. The second-order valence-corrected chi connectivity index (χ2v) is 26.4. The topological polar surface area (TPSA) is 9.72 Å². The number of aryl methyl sites for hydroxylation is 2. The highest BCUT2D eigenvalue weighted by molar-refractivity contribution is 7.26. The molecule has 2 aromatic heterocycles. The predicted molar refractivity (Wildman–Crippen MR) is 316 cm³/mol. The van der Waals surface area contributed by atoms with Gasteiger partial charge in [0, 0.05) is 91.3 Å². The summed E-state index contributed by atoms with van der Waals surface area (Å²) in [6.07, 6.45) is 4.80. The van der Waals surface area contributed by atoms with Crippen molar-refractivity contribution in [3.8, 4) is 0 Å². The number of anilines is 8. The molecule has 6 heteroatoms. The molecule has 8 aromatic carbocycles. The molecule has 0 spiro atoms. The number of hydrogen-bond acceptors (Lipinski definition) is 5. The van der Waals surface area contributed by atoms with Gasteiger partial charge in [-0.05, 0) is 168 Å². The molecular weight excluding hydrogens is 910 g/mol. The molecule has 0 radical (unpaired) electrons. The van der Waals surface area contributed by atoms with Crippen molar-refractivity contribution in [3.63, 3.8) is 0 Å². The van der Waals surface area contributed by atoms with Gasteiger partial charge in [-0.25, -0.2) is 0 Å². The Morgan fingerprint density at radius 3 is 1.50 bits per heavy atom. The molecule has 0 N–H and O–H groups in total. The second-order valence-electron chi connectivity index (χ2n) is 24.2. The van der Waals surface area contributed by atoms with Gasteiger partial charge in [0.05, 0.1) is 5.54 Å². The maximum Gasteiger partial charge on any atom is 0.252 e. The third-order valence-corrected chi connectivity index (χ3v) is 20.1. The Kier molecular flexibility index (Phi) is 9.32. The zero-order valence-corrected chi connectivity index (χ0v) is 45.1. The summed E-state index contributed by atoms with van der Waals surface area (Å²) >= 11 is 3.79. The lowest BCUT2D eigenvalue weighted by atomic mass is 9.33. The zero-order valence-electron chi connectivity index (χ0n) is 43.4. The van der Waals surface area contributed by atoms with Gasteiger partial charge in [0.25, 0.3) is 6.71 Å². The first-order valence-corrected chi connectivity index (χ1v) is 28.0. The van der Waals surface area contributed by atoms with Crippen molar-refractivity contribution in [3.05, 3.63) is 173 Å². The molecule has 3 aliphatic heterocycles. The fourth-order valence-electron chi connectivity index (χ4n) is 14.1. The SMILES string of the molecule is Cc1cc(C)c2c(c1)N(c1cc3c4c(c1)N(c1ccc5sc6ccccc6c5c1)c1ccc(C(C)(C)C)cc1B4c1cc(C(C)(C)C)ccc1N3c1ccc3sc4ccccc4c3c1)C1(C)CCCCC21C. The predicted octanol–water partition coefficient (Wildman–Crippen LogP) is 17.5. The minimum atomic E-state index is -0.131. The van der Waals surface area contributed by atoms with Crippen molar-refractivity contribution in [2.45, 2.75) is 117 Å². The maximum absolute atomic E-state index is 2.84. The van der Waals surface area contributed by atoms with Crippen LogP contribution >= 0.6 is 22.7 Å². The average molecular weight is 972 g/mol. The third-order valence-electron chi connectivity index (χ3n) is 17.8. The number of rotatable bonds is 3. The minimum Gasteiger partial charge on any atom is -0.334 e. The summed E-state index contributed by atoms with van der Waals surface area (Å²) in [5, 5.41) is 5.28. The lowest BCUT2D eigenvalue weighted by Crippen LogP contribution is -2.62. The normalized spacial score (nSPS) is 19.3. The van der Waals surface area contributed by atoms with E-state index in [1.807, 2.05) is 22.7 Å². The van der Waals surface area contributed by atoms with Crippen molar-refractivity contribution in [1.29, 1.82) is 0 Å². The second kappa shape index (κ2) is 15.1. The molecule has 1 fully saturated rings. The van der Waals surface area contributed by atoms with Crippen LogP contribution in [0.25, 0.3) is 40.3 Å². The standard InChI is InChI=1S/C66H62BN3S2/c1-39-31-40(2)61-54(32-39)70(66(10)30-16-15-29-65(61,66)9)45-37-55-62-56(38-45)69(44-24-28-60-49(36-44)47-18-12-14-20-58(47)72-60)53-26-22-42(64(6,7)8)34-51(53)67(62)50-33-41(63(3,4)5)21-25-52(50)68(55)43-23-27-59-48(35-43)46-17-11-13-19-57(46)71-59/h11-14,17-28,31-38H,15-16,29-30H2,1-10H3. The molecule has 1 saturated carbocycles. The Morgan fingerprint density at radius 1 is 0.472 bits per heavy atom. The highest BCUT2D eigenvalue weighted by Crippen LogP contribution is 2.63. The van der Waals surface area contributed by atoms with Gasteiger partial charge in [-0.15, -0.1) is 22.7 Å². The monoisotopic (exact) mass is 971 g/mol. The van der Waals surface area contributed by atoms with Gasteiger partial charge in [-0.2, -0.15) is 0 Å². The van der Waals surface area contributed by atoms with Crippen LogP contribution in [0.15, 0.2) is 146 Å². The van der Waals surface area contributed by atoms with Gasteiger partial charge in [0.15, 0.2) is 0 Å². The number of fused-ring (bicyclic) bond motifs is 13. The summed E-state index contributed by atoms with van der Waals surface area (Å²) in [4.78, 5) is 8.17. The Balaban J connectivity index is 1.13. The first-order valence-electron chi connectivity index (χ1n) is 26.3. The smallest absolute Gasteiger partial charge is 0.252 e. The van der Waals surface area contributed by atoms with Crippen LogP contribution in [0.3, 0.4) is 0 Å². The van der Waals surface area contributed by atoms with E-state index in [1.54, 1.807) is 0 Å². The van der Waals surface area contributed by atoms with E-state index in [2.05, 4.69) is 230 Å². The van der Waals surface area contributed by atoms with Crippen LogP contribution in [0.2, 0.25) is 0 Å². The number of nitrogens with zero attached hydrogens (tertiary/aromatic N) is 3. The van der Waals surface area contributed by atoms with E-state index in [0.717, 1.165) is 6.42 Å². The summed E-state index contributed by atoms with van der Waals surface area (Å²) in [6.45, 7) is 24.1. The summed E-state index contributed by atoms with van der Waals surface area (Å²) in [6, 6.07) is 57.6.